The zero-order chi connectivity index (χ0) is 11.0. The second kappa shape index (κ2) is 4.00. The smallest absolute Gasteiger partial charge is 0.183 e. The summed E-state index contributed by atoms with van der Waals surface area (Å²) in [7, 11) is 0. The summed E-state index contributed by atoms with van der Waals surface area (Å²) in [6.07, 6.45) is 7.18. The van der Waals surface area contributed by atoms with Crippen LogP contribution in [0.25, 0.3) is 0 Å². The maximum absolute atomic E-state index is 13.7. The number of halogens is 1. The van der Waals surface area contributed by atoms with Gasteiger partial charge in [0.05, 0.1) is 6.20 Å². The average Bonchev–Trinajstić information content (AvgIpc) is 3.15. The molecule has 1 aliphatic carbocycles. The van der Waals surface area contributed by atoms with Crippen molar-refractivity contribution in [3.8, 4) is 0 Å². The van der Waals surface area contributed by atoms with Crippen LogP contribution in [0.2, 0.25) is 0 Å². The number of rotatable bonds is 2. The Bertz CT molecular complexity index is 384. The fourth-order valence-corrected chi connectivity index (χ4v) is 2.24. The maximum atomic E-state index is 13.7. The Morgan fingerprint density at radius 1 is 1.19 bits per heavy atom. The van der Waals surface area contributed by atoms with Crippen molar-refractivity contribution in [3.63, 3.8) is 0 Å². The molecule has 4 heteroatoms. The minimum Gasteiger partial charge on any atom is -0.354 e. The second-order valence-electron chi connectivity index (χ2n) is 4.72. The van der Waals surface area contributed by atoms with Crippen molar-refractivity contribution in [1.29, 1.82) is 0 Å². The predicted octanol–water partition coefficient (Wildman–Crippen LogP) is 2.48. The van der Waals surface area contributed by atoms with E-state index in [-0.39, 0.29) is 5.82 Å². The summed E-state index contributed by atoms with van der Waals surface area (Å²) in [5.74, 6) is 1.58. The minimum absolute atomic E-state index is 0.272. The van der Waals surface area contributed by atoms with Gasteiger partial charge in [0, 0.05) is 19.0 Å². The predicted molar refractivity (Wildman–Crippen MR) is 60.0 cm³/mol. The molecule has 1 aromatic heterocycles. The quantitative estimate of drug-likeness (QED) is 0.768. The molecule has 86 valence electrons. The lowest BCUT2D eigenvalue weighted by atomic mass is 10.1. The van der Waals surface area contributed by atoms with Gasteiger partial charge in [0.1, 0.15) is 5.82 Å². The molecule has 2 aliphatic rings. The van der Waals surface area contributed by atoms with Crippen LogP contribution in [0.5, 0.6) is 0 Å². The summed E-state index contributed by atoms with van der Waals surface area (Å²) < 4.78 is 13.7. The van der Waals surface area contributed by atoms with Gasteiger partial charge in [-0.3, -0.25) is 0 Å². The Labute approximate surface area is 94.7 Å². The van der Waals surface area contributed by atoms with Gasteiger partial charge in [0.25, 0.3) is 0 Å². The molecule has 1 saturated heterocycles. The van der Waals surface area contributed by atoms with Crippen LogP contribution in [-0.2, 0) is 0 Å². The Balaban J connectivity index is 1.88. The van der Waals surface area contributed by atoms with Crippen molar-refractivity contribution in [2.45, 2.75) is 38.0 Å². The molecule has 0 aromatic carbocycles. The zero-order valence-corrected chi connectivity index (χ0v) is 9.32. The number of hydrogen-bond acceptors (Lipinski definition) is 3. The van der Waals surface area contributed by atoms with Gasteiger partial charge in [0.15, 0.2) is 11.6 Å². The summed E-state index contributed by atoms with van der Waals surface area (Å²) in [4.78, 5) is 10.5. The van der Waals surface area contributed by atoms with Gasteiger partial charge >= 0.3 is 0 Å². The van der Waals surface area contributed by atoms with E-state index < -0.39 is 0 Å². The molecule has 0 radical (unpaired) electrons. The van der Waals surface area contributed by atoms with E-state index in [0.29, 0.717) is 11.7 Å². The average molecular weight is 221 g/mol. The van der Waals surface area contributed by atoms with Crippen LogP contribution in [0.15, 0.2) is 6.20 Å². The van der Waals surface area contributed by atoms with E-state index in [9.17, 15) is 4.39 Å². The second-order valence-corrected chi connectivity index (χ2v) is 4.72. The van der Waals surface area contributed by atoms with E-state index in [1.54, 1.807) is 0 Å². The van der Waals surface area contributed by atoms with Gasteiger partial charge in [-0.2, -0.15) is 0 Å². The number of anilines is 1. The van der Waals surface area contributed by atoms with Crippen LogP contribution in [0.1, 0.15) is 43.8 Å². The number of aromatic nitrogens is 2. The molecule has 0 unspecified atom stereocenters. The molecule has 0 spiro atoms. The summed E-state index contributed by atoms with van der Waals surface area (Å²) in [6.45, 7) is 1.86. The van der Waals surface area contributed by atoms with Gasteiger partial charge < -0.3 is 4.90 Å². The molecule has 16 heavy (non-hydrogen) atoms. The summed E-state index contributed by atoms with van der Waals surface area (Å²) in [5.41, 5.74) is 0. The van der Waals surface area contributed by atoms with E-state index in [4.69, 9.17) is 0 Å². The van der Waals surface area contributed by atoms with Crippen LogP contribution >= 0.6 is 0 Å². The molecular weight excluding hydrogens is 205 g/mol. The van der Waals surface area contributed by atoms with Gasteiger partial charge in [-0.1, -0.05) is 0 Å². The zero-order valence-electron chi connectivity index (χ0n) is 9.32. The molecule has 1 aliphatic heterocycles. The number of nitrogens with zero attached hydrogens (tertiary/aromatic N) is 3. The third kappa shape index (κ3) is 1.88. The molecular formula is C12H16FN3. The highest BCUT2D eigenvalue weighted by Gasteiger charge is 2.28. The van der Waals surface area contributed by atoms with Gasteiger partial charge in [-0.25, -0.2) is 14.4 Å². The summed E-state index contributed by atoms with van der Waals surface area (Å²) in [6, 6.07) is 0. The highest BCUT2D eigenvalue weighted by atomic mass is 19.1. The largest absolute Gasteiger partial charge is 0.354 e. The van der Waals surface area contributed by atoms with Crippen molar-refractivity contribution in [2.75, 3.05) is 18.0 Å². The molecule has 0 amide bonds. The Morgan fingerprint density at radius 2 is 1.94 bits per heavy atom. The number of hydrogen-bond donors (Lipinski definition) is 0. The highest BCUT2D eigenvalue weighted by Crippen LogP contribution is 2.38. The third-order valence-corrected chi connectivity index (χ3v) is 3.34. The Hall–Kier alpha value is -1.19. The van der Waals surface area contributed by atoms with Crippen molar-refractivity contribution in [2.24, 2.45) is 0 Å². The SMILES string of the molecule is Fc1cnc(C2CC2)nc1N1CCCCC1. The number of piperidine rings is 1. The van der Waals surface area contributed by atoms with Crippen LogP contribution < -0.4 is 4.90 Å². The molecule has 1 saturated carbocycles. The first-order chi connectivity index (χ1) is 7.84. The fourth-order valence-electron chi connectivity index (χ4n) is 2.24. The first-order valence-corrected chi connectivity index (χ1v) is 6.12. The topological polar surface area (TPSA) is 29.0 Å². The third-order valence-electron chi connectivity index (χ3n) is 3.34. The molecule has 3 rings (SSSR count). The van der Waals surface area contributed by atoms with Crippen molar-refractivity contribution in [1.82, 2.24) is 9.97 Å². The van der Waals surface area contributed by atoms with E-state index >= 15 is 0 Å². The summed E-state index contributed by atoms with van der Waals surface area (Å²) in [5, 5.41) is 0. The standard InChI is InChI=1S/C12H16FN3/c13-10-8-14-11(9-4-5-9)15-12(10)16-6-2-1-3-7-16/h8-9H,1-7H2. The maximum Gasteiger partial charge on any atom is 0.183 e. The van der Waals surface area contributed by atoms with Gasteiger partial charge in [-0.05, 0) is 32.1 Å². The minimum atomic E-state index is -0.272. The van der Waals surface area contributed by atoms with Crippen LogP contribution in [0, 0.1) is 5.82 Å². The molecule has 0 bridgehead atoms. The van der Waals surface area contributed by atoms with E-state index in [1.165, 1.54) is 12.6 Å². The lowest BCUT2D eigenvalue weighted by molar-refractivity contribution is 0.544. The van der Waals surface area contributed by atoms with E-state index in [2.05, 4.69) is 14.9 Å². The van der Waals surface area contributed by atoms with E-state index in [0.717, 1.165) is 44.6 Å². The van der Waals surface area contributed by atoms with Crippen LogP contribution in [0.3, 0.4) is 0 Å². The molecule has 2 fully saturated rings. The monoisotopic (exact) mass is 221 g/mol. The van der Waals surface area contributed by atoms with Crippen LogP contribution in [0.4, 0.5) is 10.2 Å². The lowest BCUT2D eigenvalue weighted by Crippen LogP contribution is -2.31. The first kappa shape index (κ1) is 10.00. The van der Waals surface area contributed by atoms with Crippen molar-refractivity contribution < 1.29 is 4.39 Å². The highest BCUT2D eigenvalue weighted by molar-refractivity contribution is 5.40. The van der Waals surface area contributed by atoms with Gasteiger partial charge in [-0.15, -0.1) is 0 Å². The molecule has 1 aromatic rings. The lowest BCUT2D eigenvalue weighted by Gasteiger charge is -2.28. The van der Waals surface area contributed by atoms with Crippen LogP contribution in [-0.4, -0.2) is 23.1 Å². The molecule has 2 heterocycles. The van der Waals surface area contributed by atoms with Gasteiger partial charge in [0.2, 0.25) is 0 Å². The Kier molecular flexibility index (Phi) is 2.50. The molecule has 3 nitrogen and oxygen atoms in total. The van der Waals surface area contributed by atoms with E-state index in [1.807, 2.05) is 0 Å². The van der Waals surface area contributed by atoms with Crippen molar-refractivity contribution in [3.05, 3.63) is 17.8 Å². The first-order valence-electron chi connectivity index (χ1n) is 6.12. The normalized spacial score (nSPS) is 21.2. The fraction of sp³-hybridized carbons (Fsp3) is 0.667. The summed E-state index contributed by atoms with van der Waals surface area (Å²) >= 11 is 0. The molecule has 0 atom stereocenters. The Morgan fingerprint density at radius 3 is 2.62 bits per heavy atom. The van der Waals surface area contributed by atoms with Crippen molar-refractivity contribution >= 4 is 5.82 Å². The molecule has 0 N–H and O–H groups in total.